The Labute approximate surface area is 180 Å². The number of likely N-dealkylation sites (tertiary alicyclic amines) is 1. The van der Waals surface area contributed by atoms with Crippen molar-refractivity contribution >= 4 is 22.8 Å². The first-order chi connectivity index (χ1) is 15.3. The topological polar surface area (TPSA) is 82.2 Å². The van der Waals surface area contributed by atoms with Gasteiger partial charge in [-0.25, -0.2) is 14.4 Å². The van der Waals surface area contributed by atoms with E-state index in [1.165, 1.54) is 18.3 Å². The molecule has 0 amide bonds. The molecule has 3 aromatic rings. The Kier molecular flexibility index (Phi) is 5.95. The lowest BCUT2D eigenvalue weighted by molar-refractivity contribution is 0.122. The summed E-state index contributed by atoms with van der Waals surface area (Å²) in [5.41, 5.74) is 2.20. The predicted molar refractivity (Wildman–Crippen MR) is 118 cm³/mol. The van der Waals surface area contributed by atoms with Crippen LogP contribution in [0.5, 0.6) is 0 Å². The van der Waals surface area contributed by atoms with Crippen LogP contribution in [0.25, 0.3) is 11.0 Å². The molecular weight excluding hydrogens is 397 g/mol. The molecular formula is C22H28FN7O. The summed E-state index contributed by atoms with van der Waals surface area (Å²) >= 11 is 0. The largest absolute Gasteiger partial charge is 0.378 e. The van der Waals surface area contributed by atoms with Crippen LogP contribution in [-0.2, 0) is 4.74 Å². The third-order valence-electron chi connectivity index (χ3n) is 6.10. The van der Waals surface area contributed by atoms with Gasteiger partial charge in [0.15, 0.2) is 11.6 Å². The van der Waals surface area contributed by atoms with Gasteiger partial charge < -0.3 is 24.8 Å². The Balaban J connectivity index is 1.17. The van der Waals surface area contributed by atoms with E-state index >= 15 is 0 Å². The molecule has 2 aliphatic rings. The lowest BCUT2D eigenvalue weighted by Crippen LogP contribution is -2.38. The molecule has 2 N–H and O–H groups in total. The molecule has 1 unspecified atom stereocenters. The lowest BCUT2D eigenvalue weighted by Gasteiger charge is -2.32. The second-order valence-electron chi connectivity index (χ2n) is 8.20. The highest BCUT2D eigenvalue weighted by Gasteiger charge is 2.23. The number of nitrogens with zero attached hydrogens (tertiary/aromatic N) is 5. The van der Waals surface area contributed by atoms with Gasteiger partial charge in [0.2, 0.25) is 5.95 Å². The van der Waals surface area contributed by atoms with Crippen LogP contribution in [0.3, 0.4) is 0 Å². The fourth-order valence-corrected chi connectivity index (χ4v) is 4.44. The summed E-state index contributed by atoms with van der Waals surface area (Å²) in [7, 11) is 0. The number of H-pyrrole nitrogens is 1. The zero-order chi connectivity index (χ0) is 21.0. The maximum absolute atomic E-state index is 14.2. The van der Waals surface area contributed by atoms with Crippen molar-refractivity contribution in [2.75, 3.05) is 62.7 Å². The highest BCUT2D eigenvalue weighted by Crippen LogP contribution is 2.28. The molecule has 2 fully saturated rings. The quantitative estimate of drug-likeness (QED) is 0.628. The van der Waals surface area contributed by atoms with E-state index in [0.717, 1.165) is 50.2 Å². The molecule has 0 aromatic carbocycles. The van der Waals surface area contributed by atoms with Gasteiger partial charge in [-0.2, -0.15) is 4.98 Å². The molecule has 8 nitrogen and oxygen atoms in total. The van der Waals surface area contributed by atoms with Crippen LogP contribution in [0.15, 0.2) is 30.6 Å². The number of hydrogen-bond donors (Lipinski definition) is 2. The predicted octanol–water partition coefficient (Wildman–Crippen LogP) is 2.62. The van der Waals surface area contributed by atoms with Crippen LogP contribution in [-0.4, -0.2) is 77.3 Å². The highest BCUT2D eigenvalue weighted by molar-refractivity contribution is 5.76. The number of pyridine rings is 1. The number of aromatic nitrogens is 4. The molecule has 31 heavy (non-hydrogen) atoms. The number of hydrogen-bond acceptors (Lipinski definition) is 7. The second kappa shape index (κ2) is 9.15. The van der Waals surface area contributed by atoms with E-state index in [0.29, 0.717) is 31.6 Å². The number of aromatic amines is 1. The summed E-state index contributed by atoms with van der Waals surface area (Å²) in [6, 6.07) is 6.28. The average Bonchev–Trinajstić information content (AvgIpc) is 3.26. The van der Waals surface area contributed by atoms with Crippen molar-refractivity contribution in [2.45, 2.75) is 18.8 Å². The molecule has 5 rings (SSSR count). The number of anilines is 2. The Morgan fingerprint density at radius 2 is 2.13 bits per heavy atom. The number of ether oxygens (including phenoxy) is 1. The summed E-state index contributed by atoms with van der Waals surface area (Å²) in [6.45, 7) is 6.26. The minimum Gasteiger partial charge on any atom is -0.378 e. The van der Waals surface area contributed by atoms with Gasteiger partial charge in [0.25, 0.3) is 0 Å². The molecule has 1 atom stereocenters. The van der Waals surface area contributed by atoms with E-state index in [9.17, 15) is 4.39 Å². The van der Waals surface area contributed by atoms with Gasteiger partial charge in [-0.15, -0.1) is 0 Å². The lowest BCUT2D eigenvalue weighted by atomic mass is 9.95. The summed E-state index contributed by atoms with van der Waals surface area (Å²) in [5.74, 6) is 0.871. The van der Waals surface area contributed by atoms with Crippen molar-refractivity contribution in [3.63, 3.8) is 0 Å². The first kappa shape index (κ1) is 20.1. The molecule has 3 aromatic heterocycles. The van der Waals surface area contributed by atoms with Crippen LogP contribution in [0.4, 0.5) is 16.2 Å². The van der Waals surface area contributed by atoms with Gasteiger partial charge in [0.05, 0.1) is 19.4 Å². The summed E-state index contributed by atoms with van der Waals surface area (Å²) in [5, 5.41) is 4.33. The van der Waals surface area contributed by atoms with Crippen LogP contribution in [0.2, 0.25) is 0 Å². The minimum absolute atomic E-state index is 0.270. The summed E-state index contributed by atoms with van der Waals surface area (Å²) < 4.78 is 19.6. The Morgan fingerprint density at radius 1 is 1.23 bits per heavy atom. The van der Waals surface area contributed by atoms with Crippen molar-refractivity contribution in [3.05, 3.63) is 42.1 Å². The Morgan fingerprint density at radius 3 is 3.00 bits per heavy atom. The maximum Gasteiger partial charge on any atom is 0.227 e. The minimum atomic E-state index is -0.417. The van der Waals surface area contributed by atoms with E-state index in [1.807, 2.05) is 17.2 Å². The third kappa shape index (κ3) is 4.62. The monoisotopic (exact) mass is 425 g/mol. The molecule has 164 valence electrons. The molecule has 2 aliphatic heterocycles. The number of piperidine rings is 1. The first-order valence-corrected chi connectivity index (χ1v) is 11.0. The van der Waals surface area contributed by atoms with Gasteiger partial charge >= 0.3 is 0 Å². The average molecular weight is 426 g/mol. The molecule has 9 heteroatoms. The molecule has 2 saturated heterocycles. The Bertz CT molecular complexity index is 987. The smallest absolute Gasteiger partial charge is 0.227 e. The number of nitrogens with one attached hydrogen (secondary N) is 2. The normalized spacial score (nSPS) is 20.3. The number of halogens is 1. The van der Waals surface area contributed by atoms with Crippen LogP contribution < -0.4 is 10.2 Å². The van der Waals surface area contributed by atoms with Crippen LogP contribution >= 0.6 is 0 Å². The molecule has 0 bridgehead atoms. The van der Waals surface area contributed by atoms with E-state index in [4.69, 9.17) is 4.74 Å². The van der Waals surface area contributed by atoms with Crippen molar-refractivity contribution in [2.24, 2.45) is 0 Å². The first-order valence-electron chi connectivity index (χ1n) is 11.0. The van der Waals surface area contributed by atoms with Gasteiger partial charge in [-0.3, -0.25) is 0 Å². The molecule has 0 saturated carbocycles. The highest BCUT2D eigenvalue weighted by atomic mass is 19.1. The fraction of sp³-hybridized carbons (Fsp3) is 0.500. The van der Waals surface area contributed by atoms with Crippen LogP contribution in [0, 0.1) is 5.82 Å². The van der Waals surface area contributed by atoms with Crippen molar-refractivity contribution < 1.29 is 9.13 Å². The van der Waals surface area contributed by atoms with E-state index < -0.39 is 5.82 Å². The van der Waals surface area contributed by atoms with E-state index in [2.05, 4.69) is 42.3 Å². The van der Waals surface area contributed by atoms with E-state index in [1.54, 1.807) is 0 Å². The Hall–Kier alpha value is -2.78. The van der Waals surface area contributed by atoms with Gasteiger partial charge in [0, 0.05) is 55.9 Å². The van der Waals surface area contributed by atoms with E-state index in [-0.39, 0.29) is 5.82 Å². The van der Waals surface area contributed by atoms with Crippen LogP contribution in [0.1, 0.15) is 24.5 Å². The third-order valence-corrected chi connectivity index (χ3v) is 6.10. The standard InChI is InChI=1S/C22H28FN7O/c23-18-14-26-22(30-9-11-31-12-10-30)28-21(18)25-6-8-29-7-2-4-17(15-29)19-13-16-3-1-5-24-20(16)27-19/h1,3,5,13-14,17H,2,4,6-12,15H2,(H,24,27)(H,25,26,28). The SMILES string of the molecule is Fc1cnc(N2CCOCC2)nc1NCCN1CCCC(c2cc3cccnc3[nH]2)C1. The fourth-order valence-electron chi connectivity index (χ4n) is 4.44. The zero-order valence-corrected chi connectivity index (χ0v) is 17.6. The maximum atomic E-state index is 14.2. The molecule has 0 spiro atoms. The number of fused-ring (bicyclic) bond motifs is 1. The molecule has 0 radical (unpaired) electrons. The molecule has 5 heterocycles. The van der Waals surface area contributed by atoms with Crippen molar-refractivity contribution in [1.29, 1.82) is 0 Å². The summed E-state index contributed by atoms with van der Waals surface area (Å²) in [6.07, 6.45) is 5.38. The zero-order valence-electron chi connectivity index (χ0n) is 17.6. The summed E-state index contributed by atoms with van der Waals surface area (Å²) in [4.78, 5) is 20.9. The number of morpholine rings is 1. The van der Waals surface area contributed by atoms with Crippen molar-refractivity contribution in [1.82, 2.24) is 24.8 Å². The van der Waals surface area contributed by atoms with Gasteiger partial charge in [0.1, 0.15) is 5.65 Å². The van der Waals surface area contributed by atoms with Gasteiger partial charge in [-0.05, 0) is 37.6 Å². The number of rotatable bonds is 6. The molecule has 0 aliphatic carbocycles. The van der Waals surface area contributed by atoms with Crippen molar-refractivity contribution in [3.8, 4) is 0 Å². The second-order valence-corrected chi connectivity index (χ2v) is 8.20. The van der Waals surface area contributed by atoms with Gasteiger partial charge in [-0.1, -0.05) is 0 Å².